The molecule has 3 unspecified atom stereocenters. The Balaban J connectivity index is 1.74. The largest absolute Gasteiger partial charge is 0.352 e. The van der Waals surface area contributed by atoms with Crippen molar-refractivity contribution in [3.8, 4) is 6.07 Å². The molecule has 0 radical (unpaired) electrons. The Morgan fingerprint density at radius 1 is 1.43 bits per heavy atom. The fraction of sp³-hybridized carbons (Fsp3) is 0.647. The van der Waals surface area contributed by atoms with Gasteiger partial charge in [0.05, 0.1) is 5.56 Å². The van der Waals surface area contributed by atoms with Crippen molar-refractivity contribution in [2.24, 2.45) is 11.8 Å². The highest BCUT2D eigenvalue weighted by Gasteiger charge is 2.44. The lowest BCUT2D eigenvalue weighted by Gasteiger charge is -2.29. The van der Waals surface area contributed by atoms with Crippen LogP contribution in [0.15, 0.2) is 6.07 Å². The molecule has 4 nitrogen and oxygen atoms in total. The topological polar surface area (TPSA) is 52.0 Å². The SMILES string of the molecule is CCC1C2CNCC2CN1c1nc2c(cc1C#N)CCC2. The van der Waals surface area contributed by atoms with Crippen LogP contribution >= 0.6 is 0 Å². The molecule has 0 bridgehead atoms. The summed E-state index contributed by atoms with van der Waals surface area (Å²) in [5, 5.41) is 13.1. The highest BCUT2D eigenvalue weighted by atomic mass is 15.3. The van der Waals surface area contributed by atoms with Gasteiger partial charge in [0.2, 0.25) is 0 Å². The first kappa shape index (κ1) is 13.1. The number of hydrogen-bond acceptors (Lipinski definition) is 4. The normalized spacial score (nSPS) is 30.3. The molecule has 0 aromatic carbocycles. The molecule has 3 aliphatic rings. The van der Waals surface area contributed by atoms with Crippen molar-refractivity contribution in [2.75, 3.05) is 24.5 Å². The minimum Gasteiger partial charge on any atom is -0.352 e. The van der Waals surface area contributed by atoms with Crippen LogP contribution in [0.1, 0.15) is 36.6 Å². The van der Waals surface area contributed by atoms with Crippen molar-refractivity contribution in [1.82, 2.24) is 10.3 Å². The first-order chi connectivity index (χ1) is 10.3. The van der Waals surface area contributed by atoms with Crippen molar-refractivity contribution in [1.29, 1.82) is 5.26 Å². The zero-order valence-electron chi connectivity index (χ0n) is 12.6. The summed E-state index contributed by atoms with van der Waals surface area (Å²) in [6, 6.07) is 5.03. The van der Waals surface area contributed by atoms with Gasteiger partial charge in [0.1, 0.15) is 11.9 Å². The summed E-state index contributed by atoms with van der Waals surface area (Å²) in [6.45, 7) is 5.55. The first-order valence-electron chi connectivity index (χ1n) is 8.22. The summed E-state index contributed by atoms with van der Waals surface area (Å²) in [4.78, 5) is 7.35. The van der Waals surface area contributed by atoms with Crippen LogP contribution in [0.5, 0.6) is 0 Å². The quantitative estimate of drug-likeness (QED) is 0.900. The molecular formula is C17H22N4. The van der Waals surface area contributed by atoms with E-state index >= 15 is 0 Å². The van der Waals surface area contributed by atoms with Gasteiger partial charge in [-0.3, -0.25) is 0 Å². The number of hydrogen-bond donors (Lipinski definition) is 1. The zero-order valence-corrected chi connectivity index (χ0v) is 12.6. The second-order valence-electron chi connectivity index (χ2n) is 6.64. The van der Waals surface area contributed by atoms with Gasteiger partial charge in [0.25, 0.3) is 0 Å². The monoisotopic (exact) mass is 282 g/mol. The molecule has 1 aliphatic carbocycles. The van der Waals surface area contributed by atoms with Gasteiger partial charge >= 0.3 is 0 Å². The van der Waals surface area contributed by atoms with E-state index in [1.165, 1.54) is 17.7 Å². The third-order valence-corrected chi connectivity index (χ3v) is 5.56. The molecule has 3 atom stereocenters. The first-order valence-corrected chi connectivity index (χ1v) is 8.22. The van der Waals surface area contributed by atoms with E-state index in [9.17, 15) is 5.26 Å². The summed E-state index contributed by atoms with van der Waals surface area (Å²) in [7, 11) is 0. The Morgan fingerprint density at radius 2 is 2.33 bits per heavy atom. The molecule has 2 saturated heterocycles. The predicted octanol–water partition coefficient (Wildman–Crippen LogP) is 1.88. The second-order valence-corrected chi connectivity index (χ2v) is 6.64. The van der Waals surface area contributed by atoms with E-state index in [2.05, 4.69) is 29.3 Å². The number of fused-ring (bicyclic) bond motifs is 2. The minimum absolute atomic E-state index is 0.532. The van der Waals surface area contributed by atoms with Crippen molar-refractivity contribution < 1.29 is 0 Å². The molecule has 4 heteroatoms. The van der Waals surface area contributed by atoms with Gasteiger partial charge in [-0.1, -0.05) is 6.92 Å². The van der Waals surface area contributed by atoms with E-state index in [1.54, 1.807) is 0 Å². The number of aromatic nitrogens is 1. The third-order valence-electron chi connectivity index (χ3n) is 5.56. The van der Waals surface area contributed by atoms with E-state index in [4.69, 9.17) is 4.98 Å². The van der Waals surface area contributed by atoms with E-state index in [0.29, 0.717) is 6.04 Å². The van der Waals surface area contributed by atoms with Crippen LogP contribution in [0.4, 0.5) is 5.82 Å². The Morgan fingerprint density at radius 3 is 3.14 bits per heavy atom. The van der Waals surface area contributed by atoms with Gasteiger partial charge in [-0.05, 0) is 49.1 Å². The van der Waals surface area contributed by atoms with E-state index in [-0.39, 0.29) is 0 Å². The van der Waals surface area contributed by atoms with Crippen LogP contribution in [0, 0.1) is 23.2 Å². The van der Waals surface area contributed by atoms with Crippen LogP contribution < -0.4 is 10.2 Å². The standard InChI is InChI=1S/C17H22N4/c1-2-16-14-9-19-8-13(14)10-21(16)17-12(7-18)6-11-4-3-5-15(11)20-17/h6,13-14,16,19H,2-5,8-10H2,1H3. The Labute approximate surface area is 126 Å². The molecule has 0 spiro atoms. The lowest BCUT2D eigenvalue weighted by atomic mass is 9.93. The predicted molar refractivity (Wildman–Crippen MR) is 82.3 cm³/mol. The van der Waals surface area contributed by atoms with E-state index < -0.39 is 0 Å². The number of nitrogens with one attached hydrogen (secondary N) is 1. The number of nitrogens with zero attached hydrogens (tertiary/aromatic N) is 3. The lowest BCUT2D eigenvalue weighted by Crippen LogP contribution is -2.36. The molecule has 2 aliphatic heterocycles. The molecule has 0 amide bonds. The Hall–Kier alpha value is -1.60. The maximum atomic E-state index is 9.54. The maximum absolute atomic E-state index is 9.54. The van der Waals surface area contributed by atoms with Crippen molar-refractivity contribution in [2.45, 2.75) is 38.6 Å². The van der Waals surface area contributed by atoms with Crippen LogP contribution in [0.2, 0.25) is 0 Å². The Kier molecular flexibility index (Phi) is 3.11. The number of anilines is 1. The number of rotatable bonds is 2. The zero-order chi connectivity index (χ0) is 14.4. The third kappa shape index (κ3) is 1.95. The number of pyridine rings is 1. The maximum Gasteiger partial charge on any atom is 0.147 e. The van der Waals surface area contributed by atoms with Gasteiger partial charge < -0.3 is 10.2 Å². The molecule has 0 saturated carbocycles. The summed E-state index contributed by atoms with van der Waals surface area (Å²) in [5.74, 6) is 2.40. The number of aryl methyl sites for hydroxylation is 2. The molecule has 110 valence electrons. The van der Waals surface area contributed by atoms with Crippen LogP contribution in [-0.4, -0.2) is 30.7 Å². The average molecular weight is 282 g/mol. The van der Waals surface area contributed by atoms with E-state index in [0.717, 1.165) is 62.1 Å². The fourth-order valence-electron chi connectivity index (χ4n) is 4.55. The summed E-state index contributed by atoms with van der Waals surface area (Å²) in [5.41, 5.74) is 3.31. The smallest absolute Gasteiger partial charge is 0.147 e. The lowest BCUT2D eigenvalue weighted by molar-refractivity contribution is 0.441. The van der Waals surface area contributed by atoms with Gasteiger partial charge in [0, 0.05) is 31.4 Å². The van der Waals surface area contributed by atoms with Gasteiger partial charge in [0.15, 0.2) is 0 Å². The van der Waals surface area contributed by atoms with Crippen molar-refractivity contribution >= 4 is 5.82 Å². The van der Waals surface area contributed by atoms with Crippen LogP contribution in [0.25, 0.3) is 0 Å². The molecule has 1 N–H and O–H groups in total. The highest BCUT2D eigenvalue weighted by molar-refractivity contribution is 5.58. The molecule has 3 heterocycles. The van der Waals surface area contributed by atoms with Crippen LogP contribution in [0.3, 0.4) is 0 Å². The molecule has 4 rings (SSSR count). The highest BCUT2D eigenvalue weighted by Crippen LogP contribution is 2.39. The van der Waals surface area contributed by atoms with Crippen LogP contribution in [-0.2, 0) is 12.8 Å². The molecule has 1 aromatic rings. The van der Waals surface area contributed by atoms with E-state index in [1.807, 2.05) is 0 Å². The average Bonchev–Trinajstić information content (AvgIpc) is 3.19. The van der Waals surface area contributed by atoms with Gasteiger partial charge in [-0.25, -0.2) is 4.98 Å². The molecular weight excluding hydrogens is 260 g/mol. The Bertz CT molecular complexity index is 604. The summed E-state index contributed by atoms with van der Waals surface area (Å²) >= 11 is 0. The van der Waals surface area contributed by atoms with Crippen molar-refractivity contribution in [3.63, 3.8) is 0 Å². The summed E-state index contributed by atoms with van der Waals surface area (Å²) < 4.78 is 0. The summed E-state index contributed by atoms with van der Waals surface area (Å²) in [6.07, 6.45) is 4.48. The fourth-order valence-corrected chi connectivity index (χ4v) is 4.55. The molecule has 21 heavy (non-hydrogen) atoms. The van der Waals surface area contributed by atoms with Crippen molar-refractivity contribution in [3.05, 3.63) is 22.9 Å². The minimum atomic E-state index is 0.532. The second kappa shape index (κ2) is 4.99. The number of nitriles is 1. The molecule has 1 aromatic heterocycles. The van der Waals surface area contributed by atoms with Gasteiger partial charge in [-0.15, -0.1) is 0 Å². The molecule has 2 fully saturated rings. The van der Waals surface area contributed by atoms with Gasteiger partial charge in [-0.2, -0.15) is 5.26 Å².